The van der Waals surface area contributed by atoms with Crippen molar-refractivity contribution in [3.63, 3.8) is 0 Å². The maximum absolute atomic E-state index is 11.3. The Labute approximate surface area is 125 Å². The SMILES string of the molecule is CCC(=O)Oc1ccc(C(C)(C)c2ccc(O)cc2)cc1. The molecule has 0 saturated carbocycles. The fraction of sp³-hybridized carbons (Fsp3) is 0.278. The molecule has 0 saturated heterocycles. The van der Waals surface area contributed by atoms with Crippen molar-refractivity contribution in [3.05, 3.63) is 59.7 Å². The van der Waals surface area contributed by atoms with Gasteiger partial charge in [0.1, 0.15) is 11.5 Å². The monoisotopic (exact) mass is 284 g/mol. The van der Waals surface area contributed by atoms with Crippen LogP contribution in [0.4, 0.5) is 0 Å². The third kappa shape index (κ3) is 3.43. The summed E-state index contributed by atoms with van der Waals surface area (Å²) < 4.78 is 5.18. The minimum atomic E-state index is -0.236. The van der Waals surface area contributed by atoms with Crippen molar-refractivity contribution in [2.24, 2.45) is 0 Å². The van der Waals surface area contributed by atoms with Gasteiger partial charge in [0.2, 0.25) is 0 Å². The van der Waals surface area contributed by atoms with Crippen LogP contribution in [0.15, 0.2) is 48.5 Å². The summed E-state index contributed by atoms with van der Waals surface area (Å²) in [6, 6.07) is 14.8. The molecule has 21 heavy (non-hydrogen) atoms. The Morgan fingerprint density at radius 2 is 1.48 bits per heavy atom. The van der Waals surface area contributed by atoms with Crippen molar-refractivity contribution in [2.75, 3.05) is 0 Å². The molecular formula is C18H20O3. The zero-order valence-corrected chi connectivity index (χ0v) is 12.6. The lowest BCUT2D eigenvalue weighted by atomic mass is 9.78. The Morgan fingerprint density at radius 3 is 1.95 bits per heavy atom. The van der Waals surface area contributed by atoms with Crippen molar-refractivity contribution < 1.29 is 14.6 Å². The number of benzene rings is 2. The first-order valence-electron chi connectivity index (χ1n) is 7.04. The van der Waals surface area contributed by atoms with E-state index in [1.165, 1.54) is 0 Å². The highest BCUT2D eigenvalue weighted by molar-refractivity contribution is 5.71. The van der Waals surface area contributed by atoms with Crippen LogP contribution >= 0.6 is 0 Å². The van der Waals surface area contributed by atoms with Crippen LogP contribution < -0.4 is 4.74 Å². The molecule has 0 bridgehead atoms. The van der Waals surface area contributed by atoms with Gasteiger partial charge in [-0.15, -0.1) is 0 Å². The number of hydrogen-bond acceptors (Lipinski definition) is 3. The number of esters is 1. The molecule has 110 valence electrons. The minimum Gasteiger partial charge on any atom is -0.508 e. The highest BCUT2D eigenvalue weighted by atomic mass is 16.5. The van der Waals surface area contributed by atoms with Crippen molar-refractivity contribution in [3.8, 4) is 11.5 Å². The molecule has 0 fully saturated rings. The van der Waals surface area contributed by atoms with Gasteiger partial charge in [0.25, 0.3) is 0 Å². The molecule has 0 aliphatic heterocycles. The van der Waals surface area contributed by atoms with E-state index in [1.807, 2.05) is 36.4 Å². The molecule has 2 aromatic rings. The van der Waals surface area contributed by atoms with E-state index in [4.69, 9.17) is 4.74 Å². The number of rotatable bonds is 4. The van der Waals surface area contributed by atoms with E-state index in [0.717, 1.165) is 11.1 Å². The highest BCUT2D eigenvalue weighted by Gasteiger charge is 2.23. The number of carbonyl (C=O) groups excluding carboxylic acids is 1. The Bertz CT molecular complexity index is 610. The Balaban J connectivity index is 2.24. The van der Waals surface area contributed by atoms with E-state index in [9.17, 15) is 9.90 Å². The molecule has 1 N–H and O–H groups in total. The summed E-state index contributed by atoms with van der Waals surface area (Å²) in [6.07, 6.45) is 0.362. The minimum absolute atomic E-state index is 0.193. The fourth-order valence-corrected chi connectivity index (χ4v) is 2.19. The van der Waals surface area contributed by atoms with E-state index >= 15 is 0 Å². The Hall–Kier alpha value is -2.29. The second kappa shape index (κ2) is 6.00. The predicted octanol–water partition coefficient (Wildman–Crippen LogP) is 4.03. The number of ether oxygens (including phenoxy) is 1. The van der Waals surface area contributed by atoms with Crippen molar-refractivity contribution >= 4 is 5.97 Å². The van der Waals surface area contributed by atoms with Crippen LogP contribution in [0.25, 0.3) is 0 Å². The molecule has 0 atom stereocenters. The van der Waals surface area contributed by atoms with Gasteiger partial charge in [-0.05, 0) is 35.4 Å². The summed E-state index contributed by atoms with van der Waals surface area (Å²) in [5, 5.41) is 9.39. The molecule has 3 nitrogen and oxygen atoms in total. The summed E-state index contributed by atoms with van der Waals surface area (Å²) in [4.78, 5) is 11.3. The van der Waals surface area contributed by atoms with Crippen LogP contribution in [0.1, 0.15) is 38.3 Å². The second-order valence-corrected chi connectivity index (χ2v) is 5.52. The van der Waals surface area contributed by atoms with E-state index in [-0.39, 0.29) is 17.1 Å². The zero-order chi connectivity index (χ0) is 15.5. The summed E-state index contributed by atoms with van der Waals surface area (Å²) in [5.41, 5.74) is 2.03. The Kier molecular flexibility index (Phi) is 4.32. The molecule has 3 heteroatoms. The van der Waals surface area contributed by atoms with Crippen LogP contribution in [0, 0.1) is 0 Å². The lowest BCUT2D eigenvalue weighted by Crippen LogP contribution is -2.18. The lowest BCUT2D eigenvalue weighted by Gasteiger charge is -2.26. The van der Waals surface area contributed by atoms with E-state index < -0.39 is 0 Å². The van der Waals surface area contributed by atoms with Crippen molar-refractivity contribution in [1.82, 2.24) is 0 Å². The molecule has 0 aliphatic carbocycles. The Morgan fingerprint density at radius 1 is 1.00 bits per heavy atom. The number of hydrogen-bond donors (Lipinski definition) is 1. The second-order valence-electron chi connectivity index (χ2n) is 5.52. The number of phenols is 1. The third-order valence-electron chi connectivity index (χ3n) is 3.69. The first kappa shape index (κ1) is 15.1. The van der Waals surface area contributed by atoms with Crippen LogP contribution in [-0.4, -0.2) is 11.1 Å². The molecule has 0 radical (unpaired) electrons. The summed E-state index contributed by atoms with van der Waals surface area (Å²) in [6.45, 7) is 6.00. The highest BCUT2D eigenvalue weighted by Crippen LogP contribution is 2.33. The topological polar surface area (TPSA) is 46.5 Å². The molecule has 0 unspecified atom stereocenters. The molecule has 0 amide bonds. The smallest absolute Gasteiger partial charge is 0.310 e. The molecule has 0 spiro atoms. The summed E-state index contributed by atoms with van der Waals surface area (Å²) in [5.74, 6) is 0.587. The summed E-state index contributed by atoms with van der Waals surface area (Å²) in [7, 11) is 0. The lowest BCUT2D eigenvalue weighted by molar-refractivity contribution is -0.134. The van der Waals surface area contributed by atoms with Gasteiger partial charge in [-0.1, -0.05) is 45.0 Å². The maximum atomic E-state index is 11.3. The molecule has 0 aliphatic rings. The van der Waals surface area contributed by atoms with Gasteiger partial charge in [0.05, 0.1) is 0 Å². The van der Waals surface area contributed by atoms with Crippen molar-refractivity contribution in [1.29, 1.82) is 0 Å². The zero-order valence-electron chi connectivity index (χ0n) is 12.6. The van der Waals surface area contributed by atoms with Crippen LogP contribution in [-0.2, 0) is 10.2 Å². The van der Waals surface area contributed by atoms with Crippen molar-refractivity contribution in [2.45, 2.75) is 32.6 Å². The van der Waals surface area contributed by atoms with Gasteiger partial charge in [0.15, 0.2) is 0 Å². The van der Waals surface area contributed by atoms with Gasteiger partial charge in [-0.3, -0.25) is 4.79 Å². The third-order valence-corrected chi connectivity index (χ3v) is 3.69. The first-order valence-corrected chi connectivity index (χ1v) is 7.04. The largest absolute Gasteiger partial charge is 0.508 e. The molecule has 2 rings (SSSR count). The van der Waals surface area contributed by atoms with Gasteiger partial charge in [-0.25, -0.2) is 0 Å². The van der Waals surface area contributed by atoms with Crippen LogP contribution in [0.2, 0.25) is 0 Å². The van der Waals surface area contributed by atoms with Crippen LogP contribution in [0.3, 0.4) is 0 Å². The molecule has 0 aromatic heterocycles. The molecule has 2 aromatic carbocycles. The number of phenolic OH excluding ortho intramolecular Hbond substituents is 1. The quantitative estimate of drug-likeness (QED) is 0.681. The average molecular weight is 284 g/mol. The molecular weight excluding hydrogens is 264 g/mol. The van der Waals surface area contributed by atoms with Gasteiger partial charge < -0.3 is 9.84 Å². The number of carbonyl (C=O) groups is 1. The van der Waals surface area contributed by atoms with E-state index in [0.29, 0.717) is 12.2 Å². The number of aromatic hydroxyl groups is 1. The first-order chi connectivity index (χ1) is 9.93. The van der Waals surface area contributed by atoms with Crippen LogP contribution in [0.5, 0.6) is 11.5 Å². The summed E-state index contributed by atoms with van der Waals surface area (Å²) >= 11 is 0. The standard InChI is InChI=1S/C18H20O3/c1-4-17(20)21-16-11-7-14(8-12-16)18(2,3)13-5-9-15(19)10-6-13/h5-12,19H,4H2,1-3H3. The van der Waals surface area contributed by atoms with Gasteiger partial charge in [-0.2, -0.15) is 0 Å². The van der Waals surface area contributed by atoms with Gasteiger partial charge in [0, 0.05) is 11.8 Å². The fourth-order valence-electron chi connectivity index (χ4n) is 2.19. The van der Waals surface area contributed by atoms with Gasteiger partial charge >= 0.3 is 5.97 Å². The normalized spacial score (nSPS) is 11.2. The van der Waals surface area contributed by atoms with E-state index in [2.05, 4.69) is 13.8 Å². The average Bonchev–Trinajstić information content (AvgIpc) is 2.48. The predicted molar refractivity (Wildman–Crippen MR) is 82.6 cm³/mol. The molecule has 0 heterocycles. The van der Waals surface area contributed by atoms with E-state index in [1.54, 1.807) is 19.1 Å². The maximum Gasteiger partial charge on any atom is 0.310 e.